The number of carbonyl (C=O) groups excluding carboxylic acids is 4. The molecule has 0 aliphatic carbocycles. The minimum Gasteiger partial charge on any atom is -0.496 e. The van der Waals surface area contributed by atoms with Gasteiger partial charge in [-0.1, -0.05) is 36.4 Å². The molecule has 10 nitrogen and oxygen atoms in total. The minimum atomic E-state index is -0.599. The van der Waals surface area contributed by atoms with Crippen molar-refractivity contribution in [2.24, 2.45) is 0 Å². The van der Waals surface area contributed by atoms with Crippen molar-refractivity contribution in [1.29, 1.82) is 0 Å². The lowest BCUT2D eigenvalue weighted by molar-refractivity contribution is -0.113. The predicted octanol–water partition coefficient (Wildman–Crippen LogP) is 5.47. The van der Waals surface area contributed by atoms with E-state index in [0.717, 1.165) is 0 Å². The molecule has 0 fully saturated rings. The Morgan fingerprint density at radius 1 is 0.756 bits per heavy atom. The summed E-state index contributed by atoms with van der Waals surface area (Å²) in [5.41, 5.74) is 1.96. The zero-order valence-electron chi connectivity index (χ0n) is 24.7. The Labute approximate surface area is 264 Å². The van der Waals surface area contributed by atoms with Crippen LogP contribution in [-0.2, 0) is 4.79 Å². The fraction of sp³-hybridized carbons (Fsp3) is 0.118. The Morgan fingerprint density at radius 2 is 1.38 bits per heavy atom. The second-order valence-electron chi connectivity index (χ2n) is 9.67. The number of imide groups is 1. The monoisotopic (exact) mass is 623 g/mol. The number of anilines is 1. The molecule has 5 rings (SSSR count). The van der Waals surface area contributed by atoms with Gasteiger partial charge in [-0.25, -0.2) is 0 Å². The van der Waals surface area contributed by atoms with E-state index in [1.807, 2.05) is 0 Å². The van der Waals surface area contributed by atoms with Gasteiger partial charge in [0.15, 0.2) is 11.5 Å². The molecular formula is C34H29N3O7S. The maximum atomic E-state index is 13.7. The number of hydrogen-bond donors (Lipinski definition) is 2. The number of rotatable bonds is 11. The van der Waals surface area contributed by atoms with Crippen LogP contribution >= 0.6 is 11.8 Å². The smallest absolute Gasteiger partial charge is 0.272 e. The summed E-state index contributed by atoms with van der Waals surface area (Å²) in [4.78, 5) is 54.2. The van der Waals surface area contributed by atoms with Crippen molar-refractivity contribution >= 4 is 47.2 Å². The van der Waals surface area contributed by atoms with Gasteiger partial charge in [0.2, 0.25) is 0 Å². The molecule has 1 aliphatic rings. The maximum Gasteiger partial charge on any atom is 0.272 e. The molecule has 45 heavy (non-hydrogen) atoms. The lowest BCUT2D eigenvalue weighted by Gasteiger charge is -2.15. The van der Waals surface area contributed by atoms with Crippen LogP contribution in [0.2, 0.25) is 0 Å². The zero-order valence-corrected chi connectivity index (χ0v) is 25.5. The number of hydrogen-bond acceptors (Lipinski definition) is 8. The number of methoxy groups -OCH3 is 3. The Kier molecular flexibility index (Phi) is 9.49. The van der Waals surface area contributed by atoms with Crippen molar-refractivity contribution in [1.82, 2.24) is 10.2 Å². The number of fused-ring (bicyclic) bond motifs is 1. The van der Waals surface area contributed by atoms with Crippen LogP contribution in [0.5, 0.6) is 17.2 Å². The summed E-state index contributed by atoms with van der Waals surface area (Å²) in [7, 11) is 4.46. The van der Waals surface area contributed by atoms with Gasteiger partial charge in [-0.2, -0.15) is 0 Å². The van der Waals surface area contributed by atoms with E-state index in [1.165, 1.54) is 44.1 Å². The fourth-order valence-corrected chi connectivity index (χ4v) is 5.52. The number of carbonyl (C=O) groups is 4. The highest BCUT2D eigenvalue weighted by molar-refractivity contribution is 7.99. The van der Waals surface area contributed by atoms with Gasteiger partial charge in [-0.3, -0.25) is 24.1 Å². The average Bonchev–Trinajstić information content (AvgIpc) is 3.31. The van der Waals surface area contributed by atoms with Gasteiger partial charge in [0.25, 0.3) is 23.6 Å². The number of amides is 4. The molecule has 0 radical (unpaired) electrons. The molecule has 0 saturated heterocycles. The molecule has 11 heteroatoms. The topological polar surface area (TPSA) is 123 Å². The largest absolute Gasteiger partial charge is 0.496 e. The summed E-state index contributed by atoms with van der Waals surface area (Å²) in [6.45, 7) is 0. The van der Waals surface area contributed by atoms with Crippen LogP contribution in [0.25, 0.3) is 6.08 Å². The summed E-state index contributed by atoms with van der Waals surface area (Å²) in [5, 5.41) is 5.54. The first-order valence-electron chi connectivity index (χ1n) is 13.7. The molecule has 4 amide bonds. The van der Waals surface area contributed by atoms with E-state index in [1.54, 1.807) is 91.0 Å². The van der Waals surface area contributed by atoms with Crippen LogP contribution in [0.4, 0.5) is 5.69 Å². The van der Waals surface area contributed by atoms with Crippen LogP contribution < -0.4 is 24.8 Å². The lowest BCUT2D eigenvalue weighted by Crippen LogP contribution is -2.30. The van der Waals surface area contributed by atoms with E-state index in [9.17, 15) is 19.2 Å². The van der Waals surface area contributed by atoms with E-state index in [-0.39, 0.29) is 23.4 Å². The first kappa shape index (κ1) is 30.9. The first-order valence-corrected chi connectivity index (χ1v) is 14.7. The van der Waals surface area contributed by atoms with Crippen LogP contribution in [0, 0.1) is 0 Å². The summed E-state index contributed by atoms with van der Waals surface area (Å²) < 4.78 is 16.3. The highest BCUT2D eigenvalue weighted by Crippen LogP contribution is 2.36. The molecule has 4 aromatic rings. The van der Waals surface area contributed by atoms with Gasteiger partial charge in [0.05, 0.1) is 38.3 Å². The van der Waals surface area contributed by atoms with E-state index < -0.39 is 11.8 Å². The summed E-state index contributed by atoms with van der Waals surface area (Å²) in [6.07, 6.45) is 1.48. The molecule has 0 saturated carbocycles. The van der Waals surface area contributed by atoms with Crippen molar-refractivity contribution < 1.29 is 33.4 Å². The number of benzene rings is 4. The molecular weight excluding hydrogens is 594 g/mol. The Morgan fingerprint density at radius 3 is 2.02 bits per heavy atom. The molecule has 0 bridgehead atoms. The number of ether oxygens (including phenoxy) is 3. The Hall–Kier alpha value is -5.55. The Balaban J connectivity index is 1.38. The van der Waals surface area contributed by atoms with Gasteiger partial charge < -0.3 is 24.8 Å². The molecule has 0 atom stereocenters. The van der Waals surface area contributed by atoms with E-state index in [0.29, 0.717) is 50.1 Å². The third-order valence-electron chi connectivity index (χ3n) is 6.89. The van der Waals surface area contributed by atoms with Crippen LogP contribution in [0.1, 0.15) is 36.6 Å². The van der Waals surface area contributed by atoms with E-state index in [4.69, 9.17) is 14.2 Å². The van der Waals surface area contributed by atoms with Crippen LogP contribution in [-0.4, -0.2) is 55.7 Å². The quantitative estimate of drug-likeness (QED) is 0.128. The lowest BCUT2D eigenvalue weighted by atomic mass is 10.1. The van der Waals surface area contributed by atoms with Crippen molar-refractivity contribution in [3.63, 3.8) is 0 Å². The predicted molar refractivity (Wildman–Crippen MR) is 171 cm³/mol. The highest BCUT2D eigenvalue weighted by atomic mass is 32.2. The first-order chi connectivity index (χ1) is 21.8. The third kappa shape index (κ3) is 6.84. The number of nitrogens with one attached hydrogen (secondary N) is 2. The third-order valence-corrected chi connectivity index (χ3v) is 7.87. The molecule has 0 unspecified atom stereocenters. The summed E-state index contributed by atoms with van der Waals surface area (Å²) in [5.74, 6) is -0.452. The second kappa shape index (κ2) is 13.8. The van der Waals surface area contributed by atoms with E-state index >= 15 is 0 Å². The standard InChI is InChI=1S/C34H29N3O7S/c1-42-28-19-30(44-3)29(43-2)17-22(28)16-27(36-31(38)21-10-5-4-6-11-21)32(39)35-23-12-9-13-24(18-23)45-20-37-33(40)25-14-7-8-15-26(25)34(37)41/h4-19H,20H2,1-3H3,(H,35,39)(H,36,38)/b27-16+. The highest BCUT2D eigenvalue weighted by Gasteiger charge is 2.34. The van der Waals surface area contributed by atoms with Crippen LogP contribution in [0.15, 0.2) is 102 Å². The van der Waals surface area contributed by atoms with Gasteiger partial charge in [0.1, 0.15) is 11.4 Å². The fourth-order valence-electron chi connectivity index (χ4n) is 4.62. The Bertz CT molecular complexity index is 1770. The van der Waals surface area contributed by atoms with Crippen molar-refractivity contribution in [2.45, 2.75) is 4.90 Å². The summed E-state index contributed by atoms with van der Waals surface area (Å²) >= 11 is 1.27. The molecule has 2 N–H and O–H groups in total. The minimum absolute atomic E-state index is 0.0570. The molecule has 0 spiro atoms. The molecule has 0 aromatic heterocycles. The van der Waals surface area contributed by atoms with E-state index in [2.05, 4.69) is 10.6 Å². The average molecular weight is 624 g/mol. The van der Waals surface area contributed by atoms with Crippen molar-refractivity contribution in [3.8, 4) is 17.2 Å². The van der Waals surface area contributed by atoms with Gasteiger partial charge in [-0.05, 0) is 54.6 Å². The molecule has 1 aliphatic heterocycles. The maximum absolute atomic E-state index is 13.7. The van der Waals surface area contributed by atoms with Crippen molar-refractivity contribution in [2.75, 3.05) is 32.5 Å². The molecule has 4 aromatic carbocycles. The molecule has 1 heterocycles. The SMILES string of the molecule is COc1cc(OC)c(OC)cc1/C=C(/NC(=O)c1ccccc1)C(=O)Nc1cccc(SCN2C(=O)c3ccccc3C2=O)c1. The van der Waals surface area contributed by atoms with Crippen molar-refractivity contribution in [3.05, 3.63) is 119 Å². The normalized spacial score (nSPS) is 12.4. The van der Waals surface area contributed by atoms with Gasteiger partial charge in [-0.15, -0.1) is 11.8 Å². The van der Waals surface area contributed by atoms with Gasteiger partial charge >= 0.3 is 0 Å². The zero-order chi connectivity index (χ0) is 31.9. The number of nitrogens with zero attached hydrogens (tertiary/aromatic N) is 1. The van der Waals surface area contributed by atoms with Gasteiger partial charge in [0, 0.05) is 27.8 Å². The molecule has 228 valence electrons. The van der Waals surface area contributed by atoms with Crippen LogP contribution in [0.3, 0.4) is 0 Å². The number of thioether (sulfide) groups is 1. The second-order valence-corrected chi connectivity index (χ2v) is 10.7. The summed E-state index contributed by atoms with van der Waals surface area (Å²) in [6, 6.07) is 25.4.